The van der Waals surface area contributed by atoms with E-state index in [1.165, 1.54) is 11.3 Å². The monoisotopic (exact) mass is 460 g/mol. The summed E-state index contributed by atoms with van der Waals surface area (Å²) in [5.74, 6) is -0.362. The minimum absolute atomic E-state index is 0.172. The summed E-state index contributed by atoms with van der Waals surface area (Å²) in [6, 6.07) is 5.38. The first-order valence-corrected chi connectivity index (χ1v) is 8.97. The Morgan fingerprint density at radius 2 is 2.00 bits per heavy atom. The summed E-state index contributed by atoms with van der Waals surface area (Å²) in [4.78, 5) is 24.5. The maximum absolute atomic E-state index is 12.1. The number of aryl methyl sites for hydroxylation is 1. The maximum atomic E-state index is 12.1. The molecule has 122 valence electrons. The van der Waals surface area contributed by atoms with Crippen LogP contribution >= 0.6 is 43.2 Å². The summed E-state index contributed by atoms with van der Waals surface area (Å²) in [6.45, 7) is 3.50. The number of nitrogens with two attached hydrogens (primary N) is 1. The SMILES string of the molecule is Cc1sc(NC(=O)COc2ccc(Br)cc2Br)c(C(N)=O)c1C. The van der Waals surface area contributed by atoms with Crippen LogP contribution in [0.15, 0.2) is 27.1 Å². The largest absolute Gasteiger partial charge is 0.483 e. The molecular formula is C15H14Br2N2O3S. The number of hydrogen-bond donors (Lipinski definition) is 2. The average Bonchev–Trinajstić information content (AvgIpc) is 2.72. The number of amides is 2. The van der Waals surface area contributed by atoms with Crippen molar-refractivity contribution in [3.63, 3.8) is 0 Å². The number of thiophene rings is 1. The van der Waals surface area contributed by atoms with E-state index in [-0.39, 0.29) is 12.5 Å². The van der Waals surface area contributed by atoms with E-state index in [0.717, 1.165) is 19.4 Å². The van der Waals surface area contributed by atoms with Crippen LogP contribution < -0.4 is 15.8 Å². The van der Waals surface area contributed by atoms with Gasteiger partial charge in [0.15, 0.2) is 6.61 Å². The van der Waals surface area contributed by atoms with Crippen LogP contribution in [0.1, 0.15) is 20.8 Å². The highest BCUT2D eigenvalue weighted by atomic mass is 79.9. The van der Waals surface area contributed by atoms with Gasteiger partial charge in [-0.15, -0.1) is 11.3 Å². The number of rotatable bonds is 5. The predicted octanol–water partition coefficient (Wildman–Crippen LogP) is 4.01. The van der Waals surface area contributed by atoms with Crippen molar-refractivity contribution in [2.75, 3.05) is 11.9 Å². The van der Waals surface area contributed by atoms with Crippen LogP contribution in [0.25, 0.3) is 0 Å². The van der Waals surface area contributed by atoms with Gasteiger partial charge in [-0.2, -0.15) is 0 Å². The van der Waals surface area contributed by atoms with Gasteiger partial charge in [-0.05, 0) is 53.5 Å². The molecule has 0 aliphatic carbocycles. The number of benzene rings is 1. The second kappa shape index (κ2) is 7.46. The molecule has 3 N–H and O–H groups in total. The van der Waals surface area contributed by atoms with Crippen molar-refractivity contribution >= 4 is 60.0 Å². The fraction of sp³-hybridized carbons (Fsp3) is 0.200. The molecule has 0 aliphatic rings. The van der Waals surface area contributed by atoms with E-state index < -0.39 is 5.91 Å². The molecule has 1 aromatic carbocycles. The molecule has 2 amide bonds. The molecule has 2 rings (SSSR count). The van der Waals surface area contributed by atoms with Crippen molar-refractivity contribution in [1.29, 1.82) is 0 Å². The molecular weight excluding hydrogens is 448 g/mol. The molecule has 0 radical (unpaired) electrons. The van der Waals surface area contributed by atoms with E-state index in [1.807, 2.05) is 19.1 Å². The first-order valence-electron chi connectivity index (χ1n) is 6.57. The smallest absolute Gasteiger partial charge is 0.262 e. The standard InChI is InChI=1S/C15H14Br2N2O3S/c1-7-8(2)23-15(13(7)14(18)21)19-12(20)6-22-11-4-3-9(16)5-10(11)17/h3-5H,6H2,1-2H3,(H2,18,21)(H,19,20). The third kappa shape index (κ3) is 4.33. The zero-order valence-corrected chi connectivity index (χ0v) is 16.4. The molecule has 0 spiro atoms. The Morgan fingerprint density at radius 3 is 2.61 bits per heavy atom. The zero-order valence-electron chi connectivity index (χ0n) is 12.4. The van der Waals surface area contributed by atoms with Gasteiger partial charge in [-0.3, -0.25) is 9.59 Å². The van der Waals surface area contributed by atoms with E-state index in [4.69, 9.17) is 10.5 Å². The Morgan fingerprint density at radius 1 is 1.30 bits per heavy atom. The molecule has 0 saturated heterocycles. The minimum atomic E-state index is -0.557. The number of ether oxygens (including phenoxy) is 1. The van der Waals surface area contributed by atoms with Crippen molar-refractivity contribution < 1.29 is 14.3 Å². The second-order valence-electron chi connectivity index (χ2n) is 4.76. The Balaban J connectivity index is 2.06. The Hall–Kier alpha value is -1.38. The fourth-order valence-corrected chi connectivity index (χ4v) is 4.15. The van der Waals surface area contributed by atoms with Gasteiger partial charge in [0.1, 0.15) is 10.8 Å². The molecule has 2 aromatic rings. The lowest BCUT2D eigenvalue weighted by molar-refractivity contribution is -0.118. The zero-order chi connectivity index (χ0) is 17.1. The van der Waals surface area contributed by atoms with Crippen LogP contribution in [-0.4, -0.2) is 18.4 Å². The van der Waals surface area contributed by atoms with Gasteiger partial charge in [0.25, 0.3) is 11.8 Å². The lowest BCUT2D eigenvalue weighted by Crippen LogP contribution is -2.22. The van der Waals surface area contributed by atoms with E-state index >= 15 is 0 Å². The first kappa shape index (κ1) is 18.0. The van der Waals surface area contributed by atoms with Gasteiger partial charge >= 0.3 is 0 Å². The van der Waals surface area contributed by atoms with Gasteiger partial charge in [-0.25, -0.2) is 0 Å². The van der Waals surface area contributed by atoms with Crippen molar-refractivity contribution in [2.45, 2.75) is 13.8 Å². The van der Waals surface area contributed by atoms with E-state index in [9.17, 15) is 9.59 Å². The number of primary amides is 1. The van der Waals surface area contributed by atoms with Gasteiger partial charge in [0.2, 0.25) is 0 Å². The molecule has 1 heterocycles. The van der Waals surface area contributed by atoms with Crippen LogP contribution in [0.4, 0.5) is 5.00 Å². The Bertz CT molecular complexity index is 774. The fourth-order valence-electron chi connectivity index (χ4n) is 1.91. The molecule has 0 aliphatic heterocycles. The lowest BCUT2D eigenvalue weighted by atomic mass is 10.1. The second-order valence-corrected chi connectivity index (χ2v) is 7.76. The van der Waals surface area contributed by atoms with Gasteiger partial charge in [0, 0.05) is 9.35 Å². The molecule has 0 bridgehead atoms. The Kier molecular flexibility index (Phi) is 5.83. The average molecular weight is 462 g/mol. The molecule has 23 heavy (non-hydrogen) atoms. The number of carbonyl (C=O) groups excluding carboxylic acids is 2. The third-order valence-corrected chi connectivity index (χ3v) is 5.37. The quantitative estimate of drug-likeness (QED) is 0.705. The maximum Gasteiger partial charge on any atom is 0.262 e. The molecule has 1 aromatic heterocycles. The topological polar surface area (TPSA) is 81.4 Å². The summed E-state index contributed by atoms with van der Waals surface area (Å²) in [5.41, 5.74) is 6.52. The van der Waals surface area contributed by atoms with Crippen molar-refractivity contribution in [3.05, 3.63) is 43.1 Å². The minimum Gasteiger partial charge on any atom is -0.483 e. The number of hydrogen-bond acceptors (Lipinski definition) is 4. The Labute approximate surface area is 154 Å². The lowest BCUT2D eigenvalue weighted by Gasteiger charge is -2.09. The summed E-state index contributed by atoms with van der Waals surface area (Å²) >= 11 is 8.03. The summed E-state index contributed by atoms with van der Waals surface area (Å²) < 4.78 is 7.11. The van der Waals surface area contributed by atoms with Gasteiger partial charge < -0.3 is 15.8 Å². The van der Waals surface area contributed by atoms with Crippen molar-refractivity contribution in [2.24, 2.45) is 5.73 Å². The van der Waals surface area contributed by atoms with Crippen LogP contribution in [-0.2, 0) is 4.79 Å². The summed E-state index contributed by atoms with van der Waals surface area (Å²) in [7, 11) is 0. The van der Waals surface area contributed by atoms with Crippen LogP contribution in [0.5, 0.6) is 5.75 Å². The summed E-state index contributed by atoms with van der Waals surface area (Å²) in [6.07, 6.45) is 0. The highest BCUT2D eigenvalue weighted by Crippen LogP contribution is 2.32. The van der Waals surface area contributed by atoms with Gasteiger partial charge in [0.05, 0.1) is 10.0 Å². The molecule has 8 heteroatoms. The normalized spacial score (nSPS) is 10.4. The number of nitrogens with one attached hydrogen (secondary N) is 1. The van der Waals surface area contributed by atoms with E-state index in [0.29, 0.717) is 16.3 Å². The summed E-state index contributed by atoms with van der Waals surface area (Å²) in [5, 5.41) is 3.14. The van der Waals surface area contributed by atoms with Crippen LogP contribution in [0.2, 0.25) is 0 Å². The van der Waals surface area contributed by atoms with Gasteiger partial charge in [-0.1, -0.05) is 15.9 Å². The highest BCUT2D eigenvalue weighted by Gasteiger charge is 2.19. The first-order chi connectivity index (χ1) is 10.8. The molecule has 0 atom stereocenters. The number of anilines is 1. The third-order valence-electron chi connectivity index (χ3n) is 3.14. The predicted molar refractivity (Wildman–Crippen MR) is 98.3 cm³/mol. The molecule has 5 nitrogen and oxygen atoms in total. The van der Waals surface area contributed by atoms with Crippen LogP contribution in [0.3, 0.4) is 0 Å². The van der Waals surface area contributed by atoms with Crippen LogP contribution in [0, 0.1) is 13.8 Å². The molecule has 0 unspecified atom stereocenters. The highest BCUT2D eigenvalue weighted by molar-refractivity contribution is 9.11. The number of carbonyl (C=O) groups is 2. The molecule has 0 saturated carbocycles. The van der Waals surface area contributed by atoms with Crippen molar-refractivity contribution in [1.82, 2.24) is 0 Å². The van der Waals surface area contributed by atoms with Crippen molar-refractivity contribution in [3.8, 4) is 5.75 Å². The molecule has 0 fully saturated rings. The van der Waals surface area contributed by atoms with E-state index in [2.05, 4.69) is 37.2 Å². The van der Waals surface area contributed by atoms with E-state index in [1.54, 1.807) is 13.0 Å². The number of halogens is 2.